The third kappa shape index (κ3) is 12.8. The van der Waals surface area contributed by atoms with Crippen LogP contribution >= 0.6 is 0 Å². The van der Waals surface area contributed by atoms with Crippen LogP contribution in [0.15, 0.2) is 94.5 Å². The molecule has 1 saturated heterocycles. The lowest BCUT2D eigenvalue weighted by atomic mass is 9.99. The number of nitrogens with one attached hydrogen (secondary N) is 3. The topological polar surface area (TPSA) is 250 Å². The molecule has 6 aromatic rings. The molecule has 2 aliphatic heterocycles. The fraction of sp³-hybridized carbons (Fsp3) is 0.367. The number of carbonyl (C=O) groups excluding carboxylic acids is 4. The molecule has 0 saturated carbocycles. The minimum Gasteiger partial charge on any atom is -0.424 e. The minimum atomic E-state index is -1.02. The first-order chi connectivity index (χ1) is 34.2. The monoisotopic (exact) mass is 959 g/mol. The summed E-state index contributed by atoms with van der Waals surface area (Å²) in [5, 5.41) is 18.0. The lowest BCUT2D eigenvalue weighted by molar-refractivity contribution is -0.136. The van der Waals surface area contributed by atoms with Gasteiger partial charge in [0, 0.05) is 60.2 Å². The molecule has 3 aromatic carbocycles. The highest BCUT2D eigenvalue weighted by atomic mass is 16.6. The fourth-order valence-electron chi connectivity index (χ4n) is 7.86. The molecule has 70 heavy (non-hydrogen) atoms. The van der Waals surface area contributed by atoms with Crippen LogP contribution in [-0.2, 0) is 52.8 Å². The quantitative estimate of drug-likeness (QED) is 0.0374. The Morgan fingerprint density at radius 2 is 1.49 bits per heavy atom. The lowest BCUT2D eigenvalue weighted by Crippen LogP contribution is -2.54. The van der Waals surface area contributed by atoms with Crippen LogP contribution in [-0.4, -0.2) is 132 Å². The summed E-state index contributed by atoms with van der Waals surface area (Å²) in [5.74, 6) is -1.73. The van der Waals surface area contributed by atoms with E-state index < -0.39 is 35.3 Å². The molecule has 1 fully saturated rings. The number of hydrogen-bond donors (Lipinski definition) is 3. The maximum atomic E-state index is 13.2. The first-order valence-corrected chi connectivity index (χ1v) is 22.9. The summed E-state index contributed by atoms with van der Waals surface area (Å²) < 4.78 is 41.2. The van der Waals surface area contributed by atoms with Crippen molar-refractivity contribution in [2.75, 3.05) is 83.2 Å². The molecule has 366 valence electrons. The van der Waals surface area contributed by atoms with Crippen molar-refractivity contribution < 1.29 is 52.0 Å². The van der Waals surface area contributed by atoms with Crippen molar-refractivity contribution in [3.8, 4) is 11.8 Å². The van der Waals surface area contributed by atoms with E-state index in [1.54, 1.807) is 53.5 Å². The molecular weight excluding hydrogens is 907 g/mol. The Hall–Kier alpha value is -7.43. The smallest absolute Gasteiger partial charge is 0.340 e. The summed E-state index contributed by atoms with van der Waals surface area (Å²) in [6.45, 7) is 7.27. The zero-order valence-corrected chi connectivity index (χ0v) is 38.6. The Morgan fingerprint density at radius 3 is 2.23 bits per heavy atom. The lowest BCUT2D eigenvalue weighted by Gasteiger charge is -2.27. The zero-order valence-electron chi connectivity index (χ0n) is 38.6. The molecular formula is C49H53N9O12. The summed E-state index contributed by atoms with van der Waals surface area (Å²) in [4.78, 5) is 72.4. The van der Waals surface area contributed by atoms with Crippen LogP contribution in [0.3, 0.4) is 0 Å². The third-order valence-electron chi connectivity index (χ3n) is 11.4. The highest BCUT2D eigenvalue weighted by Crippen LogP contribution is 2.32. The number of aromatic nitrogens is 5. The Labute approximate surface area is 401 Å². The van der Waals surface area contributed by atoms with Gasteiger partial charge in [-0.1, -0.05) is 23.4 Å². The Bertz CT molecular complexity index is 2840. The summed E-state index contributed by atoms with van der Waals surface area (Å²) >= 11 is 0. The van der Waals surface area contributed by atoms with Crippen LogP contribution in [0.1, 0.15) is 55.9 Å². The van der Waals surface area contributed by atoms with Gasteiger partial charge in [0.05, 0.1) is 96.5 Å². The number of benzene rings is 3. The highest BCUT2D eigenvalue weighted by Gasteiger charge is 2.45. The number of rotatable bonds is 27. The van der Waals surface area contributed by atoms with Gasteiger partial charge in [-0.05, 0) is 66.9 Å². The van der Waals surface area contributed by atoms with Gasteiger partial charge in [0.1, 0.15) is 23.1 Å². The van der Waals surface area contributed by atoms with Gasteiger partial charge in [-0.2, -0.15) is 0 Å². The predicted octanol–water partition coefficient (Wildman–Crippen LogP) is 4.07. The molecule has 0 aliphatic carbocycles. The van der Waals surface area contributed by atoms with E-state index in [-0.39, 0.29) is 30.0 Å². The van der Waals surface area contributed by atoms with Gasteiger partial charge >= 0.3 is 11.6 Å². The Kier molecular flexibility index (Phi) is 17.0. The van der Waals surface area contributed by atoms with Crippen LogP contribution in [0.5, 0.6) is 11.8 Å². The molecule has 21 nitrogen and oxygen atoms in total. The highest BCUT2D eigenvalue weighted by molar-refractivity contribution is 6.25. The van der Waals surface area contributed by atoms with Gasteiger partial charge in [0.25, 0.3) is 11.8 Å². The zero-order chi connectivity index (χ0) is 48.7. The number of carbonyl (C=O) groups is 4. The van der Waals surface area contributed by atoms with Crippen molar-refractivity contribution in [2.45, 2.75) is 45.3 Å². The van der Waals surface area contributed by atoms with Gasteiger partial charge in [-0.25, -0.2) is 19.4 Å². The van der Waals surface area contributed by atoms with E-state index in [0.717, 1.165) is 32.8 Å². The number of piperidine rings is 1. The number of nitrogens with zero attached hydrogens (tertiary/aromatic N) is 6. The molecule has 0 spiro atoms. The normalized spacial score (nSPS) is 14.6. The Morgan fingerprint density at radius 1 is 0.771 bits per heavy atom. The number of amides is 4. The summed E-state index contributed by atoms with van der Waals surface area (Å²) in [6, 6.07) is 19.0. The van der Waals surface area contributed by atoms with Crippen LogP contribution < -0.4 is 26.3 Å². The van der Waals surface area contributed by atoms with Crippen molar-refractivity contribution in [3.63, 3.8) is 0 Å². The van der Waals surface area contributed by atoms with Gasteiger partial charge in [-0.15, -0.1) is 5.10 Å². The molecule has 4 amide bonds. The SMILES string of the molecule is Cc1c(Cc2cccc(NCc3cn(CCOCCOCCOCCOCCOCCNc4cccc5c4C(=O)N(C4CCC(=O)NC4=O)C5=O)nn3)c2)c(=O)oc2cc(Oc3ncccn3)ccc12. The maximum absolute atomic E-state index is 13.2. The molecule has 2 aliphatic rings. The van der Waals surface area contributed by atoms with Gasteiger partial charge in [0.15, 0.2) is 0 Å². The predicted molar refractivity (Wildman–Crippen MR) is 252 cm³/mol. The average Bonchev–Trinajstić information content (AvgIpc) is 3.92. The molecule has 8 rings (SSSR count). The number of hydrogen-bond acceptors (Lipinski definition) is 18. The van der Waals surface area contributed by atoms with Crippen molar-refractivity contribution in [2.24, 2.45) is 0 Å². The summed E-state index contributed by atoms with van der Waals surface area (Å²) in [7, 11) is 0. The summed E-state index contributed by atoms with van der Waals surface area (Å²) in [6.07, 6.45) is 5.59. The first-order valence-electron chi connectivity index (χ1n) is 22.9. The van der Waals surface area contributed by atoms with E-state index in [2.05, 4.69) is 36.2 Å². The Balaban J connectivity index is 0.627. The van der Waals surface area contributed by atoms with Crippen molar-refractivity contribution >= 4 is 46.0 Å². The van der Waals surface area contributed by atoms with Crippen LogP contribution in [0.2, 0.25) is 0 Å². The van der Waals surface area contributed by atoms with E-state index in [0.29, 0.717) is 115 Å². The fourth-order valence-corrected chi connectivity index (χ4v) is 7.86. The second-order valence-corrected chi connectivity index (χ2v) is 16.2. The minimum absolute atomic E-state index is 0.0574. The van der Waals surface area contributed by atoms with Crippen molar-refractivity contribution in [1.82, 2.24) is 35.2 Å². The maximum Gasteiger partial charge on any atom is 0.340 e. The second kappa shape index (κ2) is 24.2. The summed E-state index contributed by atoms with van der Waals surface area (Å²) in [5.41, 5.74) is 4.93. The molecule has 1 unspecified atom stereocenters. The van der Waals surface area contributed by atoms with Gasteiger partial charge in [0.2, 0.25) is 11.8 Å². The number of anilines is 2. The largest absolute Gasteiger partial charge is 0.424 e. The number of fused-ring (bicyclic) bond motifs is 2. The number of ether oxygens (including phenoxy) is 6. The van der Waals surface area contributed by atoms with E-state index in [1.165, 1.54) is 0 Å². The number of imide groups is 2. The van der Waals surface area contributed by atoms with Crippen LogP contribution in [0.4, 0.5) is 11.4 Å². The van der Waals surface area contributed by atoms with Crippen LogP contribution in [0.25, 0.3) is 11.0 Å². The average molecular weight is 960 g/mol. The van der Waals surface area contributed by atoms with Crippen molar-refractivity contribution in [3.05, 3.63) is 129 Å². The van der Waals surface area contributed by atoms with Crippen LogP contribution in [0, 0.1) is 6.92 Å². The van der Waals surface area contributed by atoms with Crippen molar-refractivity contribution in [1.29, 1.82) is 0 Å². The van der Waals surface area contributed by atoms with E-state index in [9.17, 15) is 24.0 Å². The standard InChI is InChI=1S/C49H53N9O12/c1-32-37-10-9-36(69-49-51-13-4-14-52-49)29-42(37)70-48(63)39(32)28-33-5-2-6-34(27-33)53-30-35-31-57(56-55-35)16-18-65-20-22-67-24-26-68-25-23-66-21-19-64-17-15-50-40-8-3-7-38-44(40)47(62)58(46(38)61)41-11-12-43(59)54-45(41)60/h2-10,13-14,27,29,31,41,50,53H,11-12,15-26,28,30H2,1H3,(H,54,59,60). The first kappa shape index (κ1) is 49.0. The van der Waals surface area contributed by atoms with E-state index in [1.807, 2.05) is 43.5 Å². The molecule has 0 radical (unpaired) electrons. The number of aryl methyl sites for hydroxylation is 1. The second-order valence-electron chi connectivity index (χ2n) is 16.2. The van der Waals surface area contributed by atoms with E-state index in [4.69, 9.17) is 32.8 Å². The molecule has 0 bridgehead atoms. The van der Waals surface area contributed by atoms with Gasteiger partial charge in [-0.3, -0.25) is 29.4 Å². The molecule has 5 heterocycles. The molecule has 21 heteroatoms. The van der Waals surface area contributed by atoms with E-state index >= 15 is 0 Å². The molecule has 1 atom stereocenters. The molecule has 3 N–H and O–H groups in total. The molecule has 3 aromatic heterocycles. The van der Waals surface area contributed by atoms with Gasteiger partial charge < -0.3 is 43.5 Å². The third-order valence-corrected chi connectivity index (χ3v) is 11.4.